The summed E-state index contributed by atoms with van der Waals surface area (Å²) in [5.74, 6) is 0.814. The number of nitrogens with zero attached hydrogens (tertiary/aromatic N) is 5. The molecule has 0 radical (unpaired) electrons. The fourth-order valence-electron chi connectivity index (χ4n) is 3.49. The maximum Gasteiger partial charge on any atom is 0.245 e. The summed E-state index contributed by atoms with van der Waals surface area (Å²) >= 11 is 0. The number of likely N-dealkylation sites (tertiary alicyclic amines) is 1. The molecule has 0 aliphatic carbocycles. The van der Waals surface area contributed by atoms with Crippen molar-refractivity contribution < 1.29 is 9.59 Å². The second-order valence-electron chi connectivity index (χ2n) is 6.99. The van der Waals surface area contributed by atoms with Gasteiger partial charge >= 0.3 is 0 Å². The maximum atomic E-state index is 12.8. The van der Waals surface area contributed by atoms with Crippen LogP contribution in [0.4, 0.5) is 0 Å². The Morgan fingerprint density at radius 1 is 1.35 bits per heavy atom. The van der Waals surface area contributed by atoms with Crippen molar-refractivity contribution >= 4 is 11.8 Å². The summed E-state index contributed by atoms with van der Waals surface area (Å²) in [5, 5.41) is 3.09. The molecule has 2 aromatic rings. The number of amides is 2. The van der Waals surface area contributed by atoms with E-state index in [-0.39, 0.29) is 36.4 Å². The molecule has 2 aromatic heterocycles. The van der Waals surface area contributed by atoms with Crippen molar-refractivity contribution in [3.63, 3.8) is 0 Å². The Morgan fingerprint density at radius 3 is 2.77 bits per heavy atom. The van der Waals surface area contributed by atoms with Gasteiger partial charge in [0.25, 0.3) is 0 Å². The first-order valence-corrected chi connectivity index (χ1v) is 8.99. The first kappa shape index (κ1) is 18.2. The van der Waals surface area contributed by atoms with Crippen LogP contribution in [0.5, 0.6) is 0 Å². The molecule has 1 aliphatic rings. The van der Waals surface area contributed by atoms with E-state index in [1.165, 1.54) is 0 Å². The molecule has 0 spiro atoms. The molecule has 0 bridgehead atoms. The zero-order valence-electron chi connectivity index (χ0n) is 15.5. The number of rotatable bonds is 5. The molecule has 3 atom stereocenters. The monoisotopic (exact) mass is 358 g/mol. The minimum absolute atomic E-state index is 0.0249. The maximum absolute atomic E-state index is 12.8. The van der Waals surface area contributed by atoms with Crippen molar-refractivity contribution in [1.29, 1.82) is 0 Å². The quantitative estimate of drug-likeness (QED) is 0.861. The summed E-state index contributed by atoms with van der Waals surface area (Å²) in [6.07, 6.45) is 10.5. The van der Waals surface area contributed by atoms with Crippen LogP contribution >= 0.6 is 0 Å². The Bertz CT molecular complexity index is 754. The Balaban J connectivity index is 1.52. The van der Waals surface area contributed by atoms with Gasteiger partial charge in [-0.1, -0.05) is 0 Å². The van der Waals surface area contributed by atoms with Gasteiger partial charge in [0.1, 0.15) is 11.9 Å². The van der Waals surface area contributed by atoms with E-state index in [0.717, 1.165) is 18.7 Å². The van der Waals surface area contributed by atoms with Crippen LogP contribution in [-0.4, -0.2) is 54.4 Å². The van der Waals surface area contributed by atoms with Crippen LogP contribution in [0.2, 0.25) is 0 Å². The Hall–Kier alpha value is -2.64. The van der Waals surface area contributed by atoms with Crippen molar-refractivity contribution in [1.82, 2.24) is 29.3 Å². The van der Waals surface area contributed by atoms with Gasteiger partial charge in [0.15, 0.2) is 0 Å². The molecule has 1 fully saturated rings. The Labute approximate surface area is 153 Å². The van der Waals surface area contributed by atoms with Gasteiger partial charge in [-0.2, -0.15) is 0 Å². The molecule has 8 nitrogen and oxygen atoms in total. The van der Waals surface area contributed by atoms with Crippen LogP contribution < -0.4 is 5.32 Å². The number of carbonyl (C=O) groups is 2. The highest BCUT2D eigenvalue weighted by Crippen LogP contribution is 2.21. The Kier molecular flexibility index (Phi) is 5.39. The van der Waals surface area contributed by atoms with Crippen LogP contribution in [-0.2, 0) is 23.1 Å². The van der Waals surface area contributed by atoms with Gasteiger partial charge < -0.3 is 19.4 Å². The Morgan fingerprint density at radius 2 is 2.15 bits per heavy atom. The minimum atomic E-state index is -0.269. The zero-order chi connectivity index (χ0) is 18.7. The lowest BCUT2D eigenvalue weighted by atomic mass is 9.97. The number of piperidine rings is 1. The van der Waals surface area contributed by atoms with Crippen molar-refractivity contribution in [2.24, 2.45) is 7.05 Å². The summed E-state index contributed by atoms with van der Waals surface area (Å²) < 4.78 is 3.66. The van der Waals surface area contributed by atoms with E-state index in [0.29, 0.717) is 6.54 Å². The number of nitrogens with one attached hydrogen (secondary N) is 1. The van der Waals surface area contributed by atoms with E-state index in [1.807, 2.05) is 41.1 Å². The summed E-state index contributed by atoms with van der Waals surface area (Å²) in [6.45, 7) is 4.57. The third-order valence-electron chi connectivity index (χ3n) is 5.09. The molecule has 1 N–H and O–H groups in total. The molecular formula is C18H26N6O2. The van der Waals surface area contributed by atoms with Gasteiger partial charge in [0.2, 0.25) is 11.8 Å². The minimum Gasteiger partial charge on any atom is -0.353 e. The van der Waals surface area contributed by atoms with E-state index in [2.05, 4.69) is 15.3 Å². The fourth-order valence-corrected chi connectivity index (χ4v) is 3.49. The van der Waals surface area contributed by atoms with E-state index < -0.39 is 0 Å². The van der Waals surface area contributed by atoms with Crippen molar-refractivity contribution in [2.45, 2.75) is 51.2 Å². The van der Waals surface area contributed by atoms with Crippen LogP contribution in [0.15, 0.2) is 31.1 Å². The van der Waals surface area contributed by atoms with Crippen LogP contribution in [0, 0.1) is 0 Å². The largest absolute Gasteiger partial charge is 0.353 e. The topological polar surface area (TPSA) is 85.0 Å². The average molecular weight is 358 g/mol. The molecule has 1 saturated heterocycles. The molecule has 0 aromatic carbocycles. The lowest BCUT2D eigenvalue weighted by Crippen LogP contribution is -2.52. The van der Waals surface area contributed by atoms with Gasteiger partial charge in [0.05, 0.1) is 12.7 Å². The molecule has 0 saturated carbocycles. The molecule has 8 heteroatoms. The van der Waals surface area contributed by atoms with Crippen molar-refractivity contribution in [3.8, 4) is 0 Å². The summed E-state index contributed by atoms with van der Waals surface area (Å²) in [6, 6.07) is -0.0967. The second kappa shape index (κ2) is 7.72. The third kappa shape index (κ3) is 3.95. The molecule has 3 rings (SSSR count). The van der Waals surface area contributed by atoms with Gasteiger partial charge in [-0.25, -0.2) is 9.97 Å². The number of aromatic nitrogens is 4. The van der Waals surface area contributed by atoms with Crippen LogP contribution in [0.1, 0.15) is 38.6 Å². The number of carbonyl (C=O) groups excluding carboxylic acids is 2. The first-order chi connectivity index (χ1) is 12.5. The number of aryl methyl sites for hydroxylation is 1. The highest BCUT2D eigenvalue weighted by molar-refractivity contribution is 5.81. The van der Waals surface area contributed by atoms with Gasteiger partial charge in [-0.15, -0.1) is 0 Å². The first-order valence-electron chi connectivity index (χ1n) is 8.99. The zero-order valence-corrected chi connectivity index (χ0v) is 15.5. The van der Waals surface area contributed by atoms with E-state index in [1.54, 1.807) is 24.9 Å². The summed E-state index contributed by atoms with van der Waals surface area (Å²) in [7, 11) is 1.88. The predicted molar refractivity (Wildman–Crippen MR) is 96.2 cm³/mol. The van der Waals surface area contributed by atoms with E-state index in [9.17, 15) is 9.59 Å². The third-order valence-corrected chi connectivity index (χ3v) is 5.09. The van der Waals surface area contributed by atoms with Crippen molar-refractivity contribution in [3.05, 3.63) is 36.9 Å². The van der Waals surface area contributed by atoms with Crippen LogP contribution in [0.25, 0.3) is 0 Å². The SMILES string of the molecule is CC1CC(NC(=O)Cc2nccn2C)CCN1C(=O)C(C)n1ccnc1. The molecule has 2 amide bonds. The standard InChI is InChI=1S/C18H26N6O2/c1-13-10-15(21-17(25)11-16-20-6-8-22(16)3)4-7-24(13)18(26)14(2)23-9-5-19-12-23/h5-6,8-9,12-15H,4,7,10-11H2,1-3H3,(H,21,25). The normalized spacial score (nSPS) is 21.4. The highest BCUT2D eigenvalue weighted by atomic mass is 16.2. The molecule has 1 aliphatic heterocycles. The van der Waals surface area contributed by atoms with Crippen molar-refractivity contribution in [2.75, 3.05) is 6.54 Å². The molecule has 3 heterocycles. The number of imidazole rings is 2. The lowest BCUT2D eigenvalue weighted by Gasteiger charge is -2.39. The number of hydrogen-bond acceptors (Lipinski definition) is 4. The van der Waals surface area contributed by atoms with E-state index in [4.69, 9.17) is 0 Å². The number of hydrogen-bond donors (Lipinski definition) is 1. The second-order valence-corrected chi connectivity index (χ2v) is 6.99. The smallest absolute Gasteiger partial charge is 0.245 e. The average Bonchev–Trinajstić information content (AvgIpc) is 3.26. The molecule has 26 heavy (non-hydrogen) atoms. The lowest BCUT2D eigenvalue weighted by molar-refractivity contribution is -0.138. The van der Waals surface area contributed by atoms with Crippen LogP contribution in [0.3, 0.4) is 0 Å². The van der Waals surface area contributed by atoms with Gasteiger partial charge in [-0.3, -0.25) is 9.59 Å². The molecule has 140 valence electrons. The molecular weight excluding hydrogens is 332 g/mol. The van der Waals surface area contributed by atoms with Gasteiger partial charge in [0, 0.05) is 50.5 Å². The highest BCUT2D eigenvalue weighted by Gasteiger charge is 2.32. The fraction of sp³-hybridized carbons (Fsp3) is 0.556. The predicted octanol–water partition coefficient (Wildman–Crippen LogP) is 0.916. The summed E-state index contributed by atoms with van der Waals surface area (Å²) in [4.78, 5) is 35.1. The molecule has 3 unspecified atom stereocenters. The summed E-state index contributed by atoms with van der Waals surface area (Å²) in [5.41, 5.74) is 0. The van der Waals surface area contributed by atoms with E-state index >= 15 is 0 Å². The van der Waals surface area contributed by atoms with Gasteiger partial charge in [-0.05, 0) is 26.7 Å².